The number of benzene rings is 1. The fourth-order valence-corrected chi connectivity index (χ4v) is 1.88. The van der Waals surface area contributed by atoms with Gasteiger partial charge < -0.3 is 5.32 Å². The van der Waals surface area contributed by atoms with Crippen molar-refractivity contribution < 1.29 is 0 Å². The maximum atomic E-state index is 5.85. The summed E-state index contributed by atoms with van der Waals surface area (Å²) in [6.07, 6.45) is 0.880. The number of rotatable bonds is 4. The monoisotopic (exact) mass is 282 g/mol. The molecule has 0 radical (unpaired) electrons. The third-order valence-corrected chi connectivity index (χ3v) is 2.98. The summed E-state index contributed by atoms with van der Waals surface area (Å²) in [6, 6.07) is 8.24. The Morgan fingerprint density at radius 1 is 1.17 bits per heavy atom. The molecule has 0 atom stereocenters. The van der Waals surface area contributed by atoms with E-state index in [1.807, 2.05) is 12.1 Å². The van der Waals surface area contributed by atoms with Crippen molar-refractivity contribution in [3.05, 3.63) is 45.8 Å². The molecule has 1 aromatic carbocycles. The predicted molar refractivity (Wildman–Crippen MR) is 73.2 cm³/mol. The van der Waals surface area contributed by atoms with Crippen molar-refractivity contribution in [2.45, 2.75) is 13.3 Å². The third-order valence-electron chi connectivity index (χ3n) is 2.57. The Labute approximate surface area is 115 Å². The molecule has 1 aromatic heterocycles. The highest BCUT2D eigenvalue weighted by Crippen LogP contribution is 2.16. The van der Waals surface area contributed by atoms with Crippen molar-refractivity contribution >= 4 is 29.0 Å². The van der Waals surface area contributed by atoms with Crippen LogP contribution in [0.4, 0.5) is 5.82 Å². The van der Waals surface area contributed by atoms with Crippen LogP contribution in [0.5, 0.6) is 0 Å². The van der Waals surface area contributed by atoms with E-state index in [2.05, 4.69) is 39.6 Å². The van der Waals surface area contributed by atoms with Crippen molar-refractivity contribution in [3.8, 4) is 0 Å². The van der Waals surface area contributed by atoms with Crippen molar-refractivity contribution in [1.29, 1.82) is 0 Å². The number of hydrogen-bond acceptors (Lipinski definition) is 4. The molecule has 0 aliphatic rings. The van der Waals surface area contributed by atoms with E-state index in [0.29, 0.717) is 12.4 Å². The van der Waals surface area contributed by atoms with E-state index in [1.165, 1.54) is 11.1 Å². The molecular formula is C12H12Cl2N4. The minimum Gasteiger partial charge on any atom is -0.367 e. The number of anilines is 1. The van der Waals surface area contributed by atoms with Gasteiger partial charge in [0.05, 0.1) is 0 Å². The largest absolute Gasteiger partial charge is 0.367 e. The first kappa shape index (κ1) is 13.1. The molecule has 2 aromatic rings. The van der Waals surface area contributed by atoms with Gasteiger partial charge in [-0.1, -0.05) is 35.9 Å². The first-order valence-corrected chi connectivity index (χ1v) is 6.26. The Kier molecular flexibility index (Phi) is 4.33. The zero-order chi connectivity index (χ0) is 13.0. The standard InChI is InChI=1S/C12H12Cl2N4/c1-8-4-2-3-5-9(8)6-7-15-11-10(13)17-18-12(14)16-11/h2-5H,6-7H2,1H3,(H,15,16,18). The molecule has 0 aliphatic carbocycles. The Morgan fingerprint density at radius 2 is 1.94 bits per heavy atom. The predicted octanol–water partition coefficient (Wildman–Crippen LogP) is 3.14. The average Bonchev–Trinajstić information content (AvgIpc) is 2.36. The van der Waals surface area contributed by atoms with Crippen LogP contribution in [0.15, 0.2) is 24.3 Å². The van der Waals surface area contributed by atoms with Gasteiger partial charge in [-0.05, 0) is 36.1 Å². The lowest BCUT2D eigenvalue weighted by Crippen LogP contribution is -2.09. The Bertz CT molecular complexity index is 545. The molecule has 2 rings (SSSR count). The summed E-state index contributed by atoms with van der Waals surface area (Å²) in [5.74, 6) is 0.463. The molecule has 4 nitrogen and oxygen atoms in total. The van der Waals surface area contributed by atoms with Crippen molar-refractivity contribution in [3.63, 3.8) is 0 Å². The summed E-state index contributed by atoms with van der Waals surface area (Å²) in [7, 11) is 0. The number of aryl methyl sites for hydroxylation is 1. The van der Waals surface area contributed by atoms with Gasteiger partial charge in [0.15, 0.2) is 11.0 Å². The van der Waals surface area contributed by atoms with Crippen molar-refractivity contribution in [2.24, 2.45) is 0 Å². The average molecular weight is 283 g/mol. The number of hydrogen-bond donors (Lipinski definition) is 1. The van der Waals surface area contributed by atoms with Crippen LogP contribution in [-0.2, 0) is 6.42 Å². The summed E-state index contributed by atoms with van der Waals surface area (Å²) in [5.41, 5.74) is 2.55. The molecule has 0 saturated carbocycles. The molecule has 0 spiro atoms. The normalized spacial score (nSPS) is 10.4. The highest BCUT2D eigenvalue weighted by molar-refractivity contribution is 6.32. The molecule has 6 heteroatoms. The van der Waals surface area contributed by atoms with Crippen molar-refractivity contribution in [2.75, 3.05) is 11.9 Å². The fourth-order valence-electron chi connectivity index (χ4n) is 1.61. The van der Waals surface area contributed by atoms with E-state index >= 15 is 0 Å². The summed E-state index contributed by atoms with van der Waals surface area (Å²) in [4.78, 5) is 3.98. The second kappa shape index (κ2) is 5.98. The van der Waals surface area contributed by atoms with Gasteiger partial charge in [-0.3, -0.25) is 0 Å². The van der Waals surface area contributed by atoms with Gasteiger partial charge in [0.25, 0.3) is 0 Å². The number of aromatic nitrogens is 3. The Hall–Kier alpha value is -1.39. The van der Waals surface area contributed by atoms with Gasteiger partial charge in [0.1, 0.15) is 0 Å². The summed E-state index contributed by atoms with van der Waals surface area (Å²) in [5, 5.41) is 10.6. The van der Waals surface area contributed by atoms with Crippen LogP contribution in [0, 0.1) is 6.92 Å². The number of halogens is 2. The van der Waals surface area contributed by atoms with Gasteiger partial charge in [0, 0.05) is 6.54 Å². The minimum atomic E-state index is 0.0813. The van der Waals surface area contributed by atoms with Crippen molar-refractivity contribution in [1.82, 2.24) is 15.2 Å². The number of nitrogens with zero attached hydrogens (tertiary/aromatic N) is 3. The van der Waals surface area contributed by atoms with E-state index < -0.39 is 0 Å². The first-order chi connectivity index (χ1) is 8.66. The zero-order valence-electron chi connectivity index (χ0n) is 9.82. The minimum absolute atomic E-state index is 0.0813. The molecule has 0 unspecified atom stereocenters. The van der Waals surface area contributed by atoms with Crippen LogP contribution in [0.25, 0.3) is 0 Å². The third kappa shape index (κ3) is 3.31. The van der Waals surface area contributed by atoms with Gasteiger partial charge in [0.2, 0.25) is 5.28 Å². The Morgan fingerprint density at radius 3 is 2.72 bits per heavy atom. The van der Waals surface area contributed by atoms with Crippen LogP contribution in [0.2, 0.25) is 10.4 Å². The molecule has 0 fully saturated rings. The van der Waals surface area contributed by atoms with Crippen LogP contribution >= 0.6 is 23.2 Å². The summed E-state index contributed by atoms with van der Waals surface area (Å²) >= 11 is 11.5. The van der Waals surface area contributed by atoms with Gasteiger partial charge in [-0.2, -0.15) is 4.98 Å². The van der Waals surface area contributed by atoms with E-state index in [0.717, 1.165) is 6.42 Å². The SMILES string of the molecule is Cc1ccccc1CCNc1nc(Cl)nnc1Cl. The highest BCUT2D eigenvalue weighted by Gasteiger charge is 2.05. The maximum absolute atomic E-state index is 5.85. The van der Waals surface area contributed by atoms with Gasteiger partial charge >= 0.3 is 0 Å². The van der Waals surface area contributed by atoms with Crippen LogP contribution in [-0.4, -0.2) is 21.7 Å². The zero-order valence-corrected chi connectivity index (χ0v) is 11.3. The van der Waals surface area contributed by atoms with E-state index in [1.54, 1.807) is 0 Å². The summed E-state index contributed by atoms with van der Waals surface area (Å²) < 4.78 is 0. The van der Waals surface area contributed by atoms with E-state index in [-0.39, 0.29) is 10.4 Å². The lowest BCUT2D eigenvalue weighted by molar-refractivity contribution is 0.941. The molecule has 0 amide bonds. The van der Waals surface area contributed by atoms with Gasteiger partial charge in [-0.25, -0.2) is 0 Å². The van der Waals surface area contributed by atoms with E-state index in [4.69, 9.17) is 23.2 Å². The molecule has 0 bridgehead atoms. The maximum Gasteiger partial charge on any atom is 0.245 e. The molecule has 94 valence electrons. The lowest BCUT2D eigenvalue weighted by atomic mass is 10.1. The summed E-state index contributed by atoms with van der Waals surface area (Å²) in [6.45, 7) is 2.80. The second-order valence-electron chi connectivity index (χ2n) is 3.82. The Balaban J connectivity index is 1.96. The lowest BCUT2D eigenvalue weighted by Gasteiger charge is -2.08. The molecule has 1 heterocycles. The van der Waals surface area contributed by atoms with Crippen LogP contribution < -0.4 is 5.32 Å². The molecule has 0 saturated heterocycles. The van der Waals surface area contributed by atoms with Gasteiger partial charge in [-0.15, -0.1) is 10.2 Å². The molecule has 1 N–H and O–H groups in total. The van der Waals surface area contributed by atoms with Crippen LogP contribution in [0.3, 0.4) is 0 Å². The van der Waals surface area contributed by atoms with E-state index in [9.17, 15) is 0 Å². The quantitative estimate of drug-likeness (QED) is 0.936. The molecular weight excluding hydrogens is 271 g/mol. The highest BCUT2D eigenvalue weighted by atomic mass is 35.5. The fraction of sp³-hybridized carbons (Fsp3) is 0.250. The molecule has 0 aliphatic heterocycles. The first-order valence-electron chi connectivity index (χ1n) is 5.51. The van der Waals surface area contributed by atoms with Crippen LogP contribution in [0.1, 0.15) is 11.1 Å². The second-order valence-corrected chi connectivity index (χ2v) is 4.52. The topological polar surface area (TPSA) is 50.7 Å². The smallest absolute Gasteiger partial charge is 0.245 e. The molecule has 18 heavy (non-hydrogen) atoms. The number of nitrogens with one attached hydrogen (secondary N) is 1.